The Hall–Kier alpha value is -1.50. The predicted molar refractivity (Wildman–Crippen MR) is 105 cm³/mol. The third-order valence-corrected chi connectivity index (χ3v) is 4.21. The van der Waals surface area contributed by atoms with Crippen molar-refractivity contribution in [2.45, 2.75) is 45.6 Å². The number of nitrogens with one attached hydrogen (secondary N) is 1. The summed E-state index contributed by atoms with van der Waals surface area (Å²) in [6, 6.07) is 4.92. The third kappa shape index (κ3) is 6.67. The maximum atomic E-state index is 12.4. The van der Waals surface area contributed by atoms with Gasteiger partial charge in [-0.3, -0.25) is 4.79 Å². The highest BCUT2D eigenvalue weighted by atomic mass is 35.5. The molecule has 0 radical (unpaired) electrons. The molecular weight excluding hydrogens is 356 g/mol. The standard InChI is InChI=1S/C19H30N2O4.ClH/c1-3-9-24-16-6-5-15(13-17(16)25-10-4-2)21-19(22)18(20)14-7-11-23-12-8-14;/h5-6,13-14,18H,3-4,7-12,20H2,1-2H3,(H,21,22);1H. The summed E-state index contributed by atoms with van der Waals surface area (Å²) in [6.07, 6.45) is 3.47. The number of carbonyl (C=O) groups is 1. The number of nitrogens with two attached hydrogens (primary N) is 1. The van der Waals surface area contributed by atoms with Crippen molar-refractivity contribution in [3.05, 3.63) is 18.2 Å². The summed E-state index contributed by atoms with van der Waals surface area (Å²) in [6.45, 7) is 6.67. The maximum absolute atomic E-state index is 12.4. The Balaban J connectivity index is 0.00000338. The molecule has 0 aromatic heterocycles. The second-order valence-corrected chi connectivity index (χ2v) is 6.32. The Kier molecular flexibility index (Phi) is 10.4. The van der Waals surface area contributed by atoms with Gasteiger partial charge in [-0.1, -0.05) is 13.8 Å². The topological polar surface area (TPSA) is 82.8 Å². The van der Waals surface area contributed by atoms with Crippen molar-refractivity contribution >= 4 is 24.0 Å². The van der Waals surface area contributed by atoms with Crippen LogP contribution in [0.3, 0.4) is 0 Å². The zero-order valence-corrected chi connectivity index (χ0v) is 16.5. The third-order valence-electron chi connectivity index (χ3n) is 4.21. The van der Waals surface area contributed by atoms with Gasteiger partial charge in [-0.2, -0.15) is 0 Å². The van der Waals surface area contributed by atoms with Crippen LogP contribution >= 0.6 is 12.4 Å². The molecule has 148 valence electrons. The smallest absolute Gasteiger partial charge is 0.241 e. The molecule has 1 saturated heterocycles. The van der Waals surface area contributed by atoms with Crippen LogP contribution in [0.15, 0.2) is 18.2 Å². The van der Waals surface area contributed by atoms with Gasteiger partial charge < -0.3 is 25.3 Å². The number of hydrogen-bond donors (Lipinski definition) is 2. The van der Waals surface area contributed by atoms with Crippen LogP contribution in [-0.2, 0) is 9.53 Å². The highest BCUT2D eigenvalue weighted by Gasteiger charge is 2.26. The van der Waals surface area contributed by atoms with Crippen molar-refractivity contribution in [3.8, 4) is 11.5 Å². The van der Waals surface area contributed by atoms with Crippen LogP contribution in [0.2, 0.25) is 0 Å². The summed E-state index contributed by atoms with van der Waals surface area (Å²) in [5.41, 5.74) is 6.80. The van der Waals surface area contributed by atoms with Crippen molar-refractivity contribution in [3.63, 3.8) is 0 Å². The molecule has 1 unspecified atom stereocenters. The molecule has 26 heavy (non-hydrogen) atoms. The maximum Gasteiger partial charge on any atom is 0.241 e. The lowest BCUT2D eigenvalue weighted by Gasteiger charge is -2.26. The predicted octanol–water partition coefficient (Wildman–Crippen LogP) is 3.38. The summed E-state index contributed by atoms with van der Waals surface area (Å²) in [5, 5.41) is 2.90. The molecule has 0 saturated carbocycles. The van der Waals surface area contributed by atoms with E-state index >= 15 is 0 Å². The fraction of sp³-hybridized carbons (Fsp3) is 0.632. The average molecular weight is 387 g/mol. The SMILES string of the molecule is CCCOc1ccc(NC(=O)C(N)C2CCOCC2)cc1OCCC.Cl. The van der Waals surface area contributed by atoms with E-state index in [1.807, 2.05) is 19.1 Å². The van der Waals surface area contributed by atoms with Crippen LogP contribution < -0.4 is 20.5 Å². The average Bonchev–Trinajstić information content (AvgIpc) is 2.65. The van der Waals surface area contributed by atoms with E-state index in [4.69, 9.17) is 19.9 Å². The number of anilines is 1. The van der Waals surface area contributed by atoms with Gasteiger partial charge in [0, 0.05) is 25.0 Å². The second kappa shape index (κ2) is 12.0. The molecule has 1 aliphatic rings. The molecule has 6 nitrogen and oxygen atoms in total. The van der Waals surface area contributed by atoms with Gasteiger partial charge in [0.1, 0.15) is 0 Å². The van der Waals surface area contributed by atoms with Crippen LogP contribution in [0.4, 0.5) is 5.69 Å². The van der Waals surface area contributed by atoms with Crippen LogP contribution in [-0.4, -0.2) is 38.4 Å². The molecule has 1 aliphatic heterocycles. The molecular formula is C19H31ClN2O4. The second-order valence-electron chi connectivity index (χ2n) is 6.32. The highest BCUT2D eigenvalue weighted by Crippen LogP contribution is 2.31. The van der Waals surface area contributed by atoms with Gasteiger partial charge in [0.2, 0.25) is 5.91 Å². The van der Waals surface area contributed by atoms with Crippen molar-refractivity contribution < 1.29 is 19.0 Å². The molecule has 0 bridgehead atoms. The molecule has 1 heterocycles. The molecule has 1 aromatic carbocycles. The van der Waals surface area contributed by atoms with Crippen molar-refractivity contribution in [2.75, 3.05) is 31.7 Å². The molecule has 2 rings (SSSR count). The van der Waals surface area contributed by atoms with E-state index in [0.29, 0.717) is 43.6 Å². The quantitative estimate of drug-likeness (QED) is 0.679. The molecule has 1 aromatic rings. The van der Waals surface area contributed by atoms with Gasteiger partial charge in [-0.05, 0) is 43.7 Å². The Morgan fingerprint density at radius 1 is 1.19 bits per heavy atom. The number of hydrogen-bond acceptors (Lipinski definition) is 5. The number of ether oxygens (including phenoxy) is 3. The summed E-state index contributed by atoms with van der Waals surface area (Å²) in [4.78, 5) is 12.4. The zero-order chi connectivity index (χ0) is 18.1. The molecule has 1 atom stereocenters. The Bertz CT molecular complexity index is 550. The van der Waals surface area contributed by atoms with E-state index in [1.54, 1.807) is 6.07 Å². The van der Waals surface area contributed by atoms with Crippen molar-refractivity contribution in [1.82, 2.24) is 0 Å². The summed E-state index contributed by atoms with van der Waals surface area (Å²) >= 11 is 0. The first-order valence-electron chi connectivity index (χ1n) is 9.19. The summed E-state index contributed by atoms with van der Waals surface area (Å²) < 4.78 is 16.8. The number of benzene rings is 1. The molecule has 0 aliphatic carbocycles. The van der Waals surface area contributed by atoms with Gasteiger partial charge in [0.25, 0.3) is 0 Å². The Labute approximate surface area is 162 Å². The number of rotatable bonds is 9. The largest absolute Gasteiger partial charge is 0.490 e. The van der Waals surface area contributed by atoms with Crippen LogP contribution in [0.1, 0.15) is 39.5 Å². The van der Waals surface area contributed by atoms with Crippen LogP contribution in [0.5, 0.6) is 11.5 Å². The minimum Gasteiger partial charge on any atom is -0.490 e. The monoisotopic (exact) mass is 386 g/mol. The number of carbonyl (C=O) groups excluding carboxylic acids is 1. The molecule has 3 N–H and O–H groups in total. The number of halogens is 1. The molecule has 1 fully saturated rings. The van der Waals surface area contributed by atoms with Gasteiger partial charge in [-0.15, -0.1) is 12.4 Å². The van der Waals surface area contributed by atoms with E-state index in [2.05, 4.69) is 12.2 Å². The summed E-state index contributed by atoms with van der Waals surface area (Å²) in [5.74, 6) is 1.34. The number of amides is 1. The fourth-order valence-corrected chi connectivity index (χ4v) is 2.76. The van der Waals surface area contributed by atoms with Gasteiger partial charge in [-0.25, -0.2) is 0 Å². The first-order chi connectivity index (χ1) is 12.2. The normalized spacial score (nSPS) is 15.7. The van der Waals surface area contributed by atoms with Crippen LogP contribution in [0, 0.1) is 5.92 Å². The van der Waals surface area contributed by atoms with E-state index in [1.165, 1.54) is 0 Å². The Morgan fingerprint density at radius 2 is 1.81 bits per heavy atom. The van der Waals surface area contributed by atoms with Crippen molar-refractivity contribution in [1.29, 1.82) is 0 Å². The lowest BCUT2D eigenvalue weighted by Crippen LogP contribution is -2.44. The lowest BCUT2D eigenvalue weighted by atomic mass is 9.92. The van der Waals surface area contributed by atoms with E-state index in [0.717, 1.165) is 25.7 Å². The van der Waals surface area contributed by atoms with E-state index in [9.17, 15) is 4.79 Å². The van der Waals surface area contributed by atoms with Crippen LogP contribution in [0.25, 0.3) is 0 Å². The minimum absolute atomic E-state index is 0. The van der Waals surface area contributed by atoms with Crippen molar-refractivity contribution in [2.24, 2.45) is 11.7 Å². The summed E-state index contributed by atoms with van der Waals surface area (Å²) in [7, 11) is 0. The first kappa shape index (κ1) is 22.5. The zero-order valence-electron chi connectivity index (χ0n) is 15.7. The molecule has 7 heteroatoms. The van der Waals surface area contributed by atoms with E-state index < -0.39 is 6.04 Å². The molecule has 0 spiro atoms. The van der Waals surface area contributed by atoms with Gasteiger partial charge in [0.05, 0.1) is 19.3 Å². The van der Waals surface area contributed by atoms with Gasteiger partial charge in [0.15, 0.2) is 11.5 Å². The highest BCUT2D eigenvalue weighted by molar-refractivity contribution is 5.95. The fourth-order valence-electron chi connectivity index (χ4n) is 2.76. The van der Waals surface area contributed by atoms with Gasteiger partial charge >= 0.3 is 0 Å². The van der Waals surface area contributed by atoms with E-state index in [-0.39, 0.29) is 24.2 Å². The molecule has 1 amide bonds. The first-order valence-corrected chi connectivity index (χ1v) is 9.19. The Morgan fingerprint density at radius 3 is 2.42 bits per heavy atom. The lowest BCUT2D eigenvalue weighted by molar-refractivity contribution is -0.119. The minimum atomic E-state index is -0.528.